The molecule has 0 bridgehead atoms. The molecule has 0 saturated heterocycles. The van der Waals surface area contributed by atoms with Crippen LogP contribution >= 0.6 is 12.2 Å². The van der Waals surface area contributed by atoms with Crippen molar-refractivity contribution in [2.75, 3.05) is 0 Å². The summed E-state index contributed by atoms with van der Waals surface area (Å²) in [5, 5.41) is 11.7. The molecule has 9 heavy (non-hydrogen) atoms. The fourth-order valence-electron chi connectivity index (χ4n) is 0.164. The summed E-state index contributed by atoms with van der Waals surface area (Å²) in [7, 11) is 0. The summed E-state index contributed by atoms with van der Waals surface area (Å²) in [5.74, 6) is 0. The van der Waals surface area contributed by atoms with Gasteiger partial charge in [-0.15, -0.1) is 0 Å². The van der Waals surface area contributed by atoms with E-state index in [1.165, 1.54) is 0 Å². The van der Waals surface area contributed by atoms with E-state index in [1.54, 1.807) is 13.0 Å². The molecule has 0 aromatic rings. The number of nitrogens with two attached hydrogens (primary N) is 1. The second-order valence-corrected chi connectivity index (χ2v) is 1.72. The standard InChI is InChI=1S/C4H6N4S/c1-3(2-5)7-8-4(6)9/h1H3,(H3,6,8,9). The van der Waals surface area contributed by atoms with Crippen LogP contribution in [0.3, 0.4) is 0 Å². The Bertz CT molecular complexity index is 177. The lowest BCUT2D eigenvalue weighted by molar-refractivity contribution is 1.03. The SMILES string of the molecule is CC(C#N)=NNC(N)=S. The summed E-state index contributed by atoms with van der Waals surface area (Å²) in [6, 6.07) is 1.79. The number of nitriles is 1. The quantitative estimate of drug-likeness (QED) is 0.300. The van der Waals surface area contributed by atoms with Crippen LogP contribution in [0.1, 0.15) is 6.92 Å². The molecule has 4 nitrogen and oxygen atoms in total. The molecule has 0 aromatic carbocycles. The summed E-state index contributed by atoms with van der Waals surface area (Å²) in [6.45, 7) is 1.55. The highest BCUT2D eigenvalue weighted by Crippen LogP contribution is 1.68. The highest BCUT2D eigenvalue weighted by Gasteiger charge is 1.83. The van der Waals surface area contributed by atoms with E-state index in [4.69, 9.17) is 11.0 Å². The van der Waals surface area contributed by atoms with Crippen molar-refractivity contribution in [2.24, 2.45) is 10.8 Å². The molecule has 0 aliphatic rings. The zero-order valence-electron chi connectivity index (χ0n) is 4.88. The molecular weight excluding hydrogens is 136 g/mol. The predicted molar refractivity (Wildman–Crippen MR) is 38.6 cm³/mol. The molecule has 5 heteroatoms. The van der Waals surface area contributed by atoms with Crippen LogP contribution in [0.2, 0.25) is 0 Å². The average molecular weight is 142 g/mol. The van der Waals surface area contributed by atoms with Crippen molar-refractivity contribution >= 4 is 23.0 Å². The Morgan fingerprint density at radius 2 is 2.44 bits per heavy atom. The van der Waals surface area contributed by atoms with Gasteiger partial charge in [0.15, 0.2) is 5.11 Å². The van der Waals surface area contributed by atoms with Gasteiger partial charge in [0.1, 0.15) is 11.8 Å². The minimum Gasteiger partial charge on any atom is -0.375 e. The predicted octanol–water partition coefficient (Wildman–Crippen LogP) is -0.281. The lowest BCUT2D eigenvalue weighted by Gasteiger charge is -1.91. The van der Waals surface area contributed by atoms with Gasteiger partial charge in [-0.05, 0) is 19.1 Å². The van der Waals surface area contributed by atoms with Gasteiger partial charge in [0.05, 0.1) is 0 Å². The van der Waals surface area contributed by atoms with Crippen molar-refractivity contribution in [3.05, 3.63) is 0 Å². The Morgan fingerprint density at radius 3 is 2.78 bits per heavy atom. The number of hydrogen-bond donors (Lipinski definition) is 2. The topological polar surface area (TPSA) is 74.2 Å². The summed E-state index contributed by atoms with van der Waals surface area (Å²) in [6.07, 6.45) is 0. The van der Waals surface area contributed by atoms with Gasteiger partial charge in [-0.3, -0.25) is 5.43 Å². The second kappa shape index (κ2) is 3.80. The third-order valence-electron chi connectivity index (χ3n) is 0.496. The molecule has 0 atom stereocenters. The zero-order chi connectivity index (χ0) is 7.28. The van der Waals surface area contributed by atoms with Gasteiger partial charge >= 0.3 is 0 Å². The minimum absolute atomic E-state index is 0.0598. The molecule has 48 valence electrons. The van der Waals surface area contributed by atoms with Crippen LogP contribution in [0.15, 0.2) is 5.10 Å². The van der Waals surface area contributed by atoms with Crippen LogP contribution in [0.4, 0.5) is 0 Å². The number of hydrogen-bond acceptors (Lipinski definition) is 3. The maximum Gasteiger partial charge on any atom is 0.184 e. The van der Waals surface area contributed by atoms with E-state index in [9.17, 15) is 0 Å². The van der Waals surface area contributed by atoms with Gasteiger partial charge in [-0.25, -0.2) is 0 Å². The minimum atomic E-state index is 0.0598. The molecule has 0 aliphatic carbocycles. The molecule has 0 aromatic heterocycles. The monoisotopic (exact) mass is 142 g/mol. The number of nitrogens with one attached hydrogen (secondary N) is 1. The smallest absolute Gasteiger partial charge is 0.184 e. The molecule has 0 saturated carbocycles. The Hall–Kier alpha value is -1.15. The van der Waals surface area contributed by atoms with Crippen LogP contribution in [-0.2, 0) is 0 Å². The summed E-state index contributed by atoms with van der Waals surface area (Å²) in [5.41, 5.74) is 7.56. The molecule has 0 unspecified atom stereocenters. The summed E-state index contributed by atoms with van der Waals surface area (Å²) < 4.78 is 0. The highest BCUT2D eigenvalue weighted by molar-refractivity contribution is 7.80. The lowest BCUT2D eigenvalue weighted by atomic mass is 10.5. The Balaban J connectivity index is 3.74. The van der Waals surface area contributed by atoms with Crippen LogP contribution in [-0.4, -0.2) is 10.8 Å². The van der Waals surface area contributed by atoms with Crippen molar-refractivity contribution in [1.82, 2.24) is 5.43 Å². The third kappa shape index (κ3) is 4.71. The van der Waals surface area contributed by atoms with E-state index in [0.29, 0.717) is 5.71 Å². The first-order valence-electron chi connectivity index (χ1n) is 2.16. The van der Waals surface area contributed by atoms with Gasteiger partial charge in [0.25, 0.3) is 0 Å². The van der Waals surface area contributed by atoms with E-state index in [1.807, 2.05) is 0 Å². The van der Waals surface area contributed by atoms with E-state index in [2.05, 4.69) is 22.7 Å². The van der Waals surface area contributed by atoms with Gasteiger partial charge < -0.3 is 5.73 Å². The normalized spacial score (nSPS) is 10.0. The zero-order valence-corrected chi connectivity index (χ0v) is 5.70. The van der Waals surface area contributed by atoms with E-state index in [-0.39, 0.29) is 5.11 Å². The van der Waals surface area contributed by atoms with Crippen molar-refractivity contribution in [3.8, 4) is 6.07 Å². The molecule has 0 amide bonds. The molecule has 0 rings (SSSR count). The molecule has 0 heterocycles. The Kier molecular flexibility index (Phi) is 3.32. The third-order valence-corrected chi connectivity index (χ3v) is 0.587. The largest absolute Gasteiger partial charge is 0.375 e. The first-order chi connectivity index (χ1) is 4.16. The fraction of sp³-hybridized carbons (Fsp3) is 0.250. The molecule has 0 radical (unpaired) electrons. The van der Waals surface area contributed by atoms with E-state index < -0.39 is 0 Å². The number of rotatable bonds is 1. The summed E-state index contributed by atoms with van der Waals surface area (Å²) >= 11 is 4.41. The Labute approximate surface area is 58.3 Å². The van der Waals surface area contributed by atoms with Crippen molar-refractivity contribution in [3.63, 3.8) is 0 Å². The average Bonchev–Trinajstić information content (AvgIpc) is 1.83. The summed E-state index contributed by atoms with van der Waals surface area (Å²) in [4.78, 5) is 0. The number of hydrazone groups is 1. The number of thiocarbonyl (C=S) groups is 1. The van der Waals surface area contributed by atoms with Gasteiger partial charge in [-0.2, -0.15) is 10.4 Å². The second-order valence-electron chi connectivity index (χ2n) is 1.29. The maximum atomic E-state index is 8.14. The molecule has 0 fully saturated rings. The van der Waals surface area contributed by atoms with Crippen molar-refractivity contribution in [1.29, 1.82) is 5.26 Å². The fourth-order valence-corrected chi connectivity index (χ4v) is 0.210. The van der Waals surface area contributed by atoms with Gasteiger partial charge in [0, 0.05) is 0 Å². The van der Waals surface area contributed by atoms with Crippen LogP contribution in [0.5, 0.6) is 0 Å². The van der Waals surface area contributed by atoms with Crippen LogP contribution in [0.25, 0.3) is 0 Å². The lowest BCUT2D eigenvalue weighted by Crippen LogP contribution is -2.24. The molecule has 0 spiro atoms. The first kappa shape index (κ1) is 7.85. The van der Waals surface area contributed by atoms with Crippen molar-refractivity contribution in [2.45, 2.75) is 6.92 Å². The highest BCUT2D eigenvalue weighted by atomic mass is 32.1. The van der Waals surface area contributed by atoms with Crippen molar-refractivity contribution < 1.29 is 0 Å². The van der Waals surface area contributed by atoms with Gasteiger partial charge in [0.2, 0.25) is 0 Å². The van der Waals surface area contributed by atoms with Gasteiger partial charge in [-0.1, -0.05) is 0 Å². The van der Waals surface area contributed by atoms with E-state index in [0.717, 1.165) is 0 Å². The Morgan fingerprint density at radius 1 is 1.89 bits per heavy atom. The molecule has 0 aliphatic heterocycles. The molecular formula is C4H6N4S. The maximum absolute atomic E-state index is 8.14. The first-order valence-corrected chi connectivity index (χ1v) is 2.57. The molecule has 3 N–H and O–H groups in total. The van der Waals surface area contributed by atoms with Crippen LogP contribution in [0, 0.1) is 11.3 Å². The number of nitrogens with zero attached hydrogens (tertiary/aromatic N) is 2. The van der Waals surface area contributed by atoms with Crippen LogP contribution < -0.4 is 11.2 Å². The van der Waals surface area contributed by atoms with E-state index >= 15 is 0 Å².